The summed E-state index contributed by atoms with van der Waals surface area (Å²) in [7, 11) is 0. The van der Waals surface area contributed by atoms with E-state index in [1.807, 2.05) is 6.92 Å². The molecule has 0 unspecified atom stereocenters. The molecule has 5 nitrogen and oxygen atoms in total. The fourth-order valence-electron chi connectivity index (χ4n) is 3.37. The predicted octanol–water partition coefficient (Wildman–Crippen LogP) is 3.58. The SMILES string of the molecule is Cc1ccc(/C=C2/CCCc3c2nc2ccc(C(=O)O)cn2c3=O)cc1. The molecule has 26 heavy (non-hydrogen) atoms. The van der Waals surface area contributed by atoms with Gasteiger partial charge in [0, 0.05) is 11.8 Å². The Balaban J connectivity index is 1.89. The third-order valence-corrected chi connectivity index (χ3v) is 4.76. The Morgan fingerprint density at radius 2 is 1.92 bits per heavy atom. The van der Waals surface area contributed by atoms with E-state index < -0.39 is 5.97 Å². The molecule has 0 saturated carbocycles. The van der Waals surface area contributed by atoms with Gasteiger partial charge in [-0.3, -0.25) is 9.20 Å². The summed E-state index contributed by atoms with van der Waals surface area (Å²) in [4.78, 5) is 28.7. The summed E-state index contributed by atoms with van der Waals surface area (Å²) in [5.74, 6) is -1.06. The van der Waals surface area contributed by atoms with E-state index in [1.54, 1.807) is 6.07 Å². The lowest BCUT2D eigenvalue weighted by Gasteiger charge is -2.18. The minimum atomic E-state index is -1.06. The maximum atomic E-state index is 12.9. The Morgan fingerprint density at radius 1 is 1.15 bits per heavy atom. The molecule has 3 aromatic rings. The van der Waals surface area contributed by atoms with Crippen molar-refractivity contribution in [2.45, 2.75) is 26.2 Å². The fourth-order valence-corrected chi connectivity index (χ4v) is 3.37. The van der Waals surface area contributed by atoms with Gasteiger partial charge < -0.3 is 5.11 Å². The number of pyridine rings is 1. The molecule has 1 aliphatic rings. The predicted molar refractivity (Wildman–Crippen MR) is 100 cm³/mol. The van der Waals surface area contributed by atoms with Gasteiger partial charge in [-0.1, -0.05) is 29.8 Å². The van der Waals surface area contributed by atoms with E-state index in [9.17, 15) is 9.59 Å². The van der Waals surface area contributed by atoms with Crippen LogP contribution in [0.1, 0.15) is 45.6 Å². The second kappa shape index (κ2) is 6.26. The zero-order valence-corrected chi connectivity index (χ0v) is 14.4. The molecule has 0 atom stereocenters. The maximum Gasteiger partial charge on any atom is 0.337 e. The first-order valence-corrected chi connectivity index (χ1v) is 8.59. The number of benzene rings is 1. The number of fused-ring (bicyclic) bond motifs is 2. The molecule has 1 aliphatic carbocycles. The van der Waals surface area contributed by atoms with Crippen LogP contribution < -0.4 is 5.56 Å². The van der Waals surface area contributed by atoms with Crippen LogP contribution in [0.25, 0.3) is 17.3 Å². The molecule has 0 amide bonds. The molecule has 4 rings (SSSR count). The molecule has 2 aromatic heterocycles. The third kappa shape index (κ3) is 2.81. The minimum absolute atomic E-state index is 0.0765. The van der Waals surface area contributed by atoms with E-state index in [0.29, 0.717) is 17.6 Å². The van der Waals surface area contributed by atoms with Crippen molar-refractivity contribution >= 4 is 23.3 Å². The van der Waals surface area contributed by atoms with Crippen LogP contribution in [-0.4, -0.2) is 20.5 Å². The summed E-state index contributed by atoms with van der Waals surface area (Å²) in [6, 6.07) is 11.3. The molecule has 130 valence electrons. The normalized spacial score (nSPS) is 15.2. The summed E-state index contributed by atoms with van der Waals surface area (Å²) in [6.45, 7) is 2.05. The Morgan fingerprint density at radius 3 is 2.65 bits per heavy atom. The first-order chi connectivity index (χ1) is 12.5. The zero-order chi connectivity index (χ0) is 18.3. The van der Waals surface area contributed by atoms with E-state index in [1.165, 1.54) is 22.2 Å². The quantitative estimate of drug-likeness (QED) is 0.770. The first kappa shape index (κ1) is 16.3. The first-order valence-electron chi connectivity index (χ1n) is 8.59. The van der Waals surface area contributed by atoms with Crippen LogP contribution in [0.2, 0.25) is 0 Å². The molecule has 5 heteroatoms. The highest BCUT2D eigenvalue weighted by molar-refractivity contribution is 5.88. The van der Waals surface area contributed by atoms with Crippen molar-refractivity contribution in [1.29, 1.82) is 0 Å². The lowest BCUT2D eigenvalue weighted by molar-refractivity contribution is 0.0696. The van der Waals surface area contributed by atoms with Gasteiger partial charge in [0.1, 0.15) is 5.65 Å². The van der Waals surface area contributed by atoms with Crippen LogP contribution in [-0.2, 0) is 6.42 Å². The number of aromatic carboxylic acids is 1. The Hall–Kier alpha value is -3.21. The van der Waals surface area contributed by atoms with Crippen molar-refractivity contribution in [3.05, 3.63) is 80.9 Å². The molecule has 0 aliphatic heterocycles. The number of carboxylic acids is 1. The van der Waals surface area contributed by atoms with Crippen molar-refractivity contribution in [1.82, 2.24) is 9.38 Å². The molecular weight excluding hydrogens is 328 g/mol. The van der Waals surface area contributed by atoms with Crippen LogP contribution >= 0.6 is 0 Å². The molecule has 1 aromatic carbocycles. The number of carbonyl (C=O) groups is 1. The van der Waals surface area contributed by atoms with E-state index in [-0.39, 0.29) is 11.1 Å². The van der Waals surface area contributed by atoms with E-state index in [0.717, 1.165) is 29.7 Å². The highest BCUT2D eigenvalue weighted by atomic mass is 16.4. The monoisotopic (exact) mass is 346 g/mol. The van der Waals surface area contributed by atoms with Gasteiger partial charge in [0.05, 0.1) is 11.3 Å². The van der Waals surface area contributed by atoms with Gasteiger partial charge in [-0.25, -0.2) is 9.78 Å². The van der Waals surface area contributed by atoms with Crippen LogP contribution in [0.3, 0.4) is 0 Å². The summed E-state index contributed by atoms with van der Waals surface area (Å²) in [5.41, 5.74) is 5.11. The third-order valence-electron chi connectivity index (χ3n) is 4.76. The summed E-state index contributed by atoms with van der Waals surface area (Å²) in [6.07, 6.45) is 5.85. The Bertz CT molecular complexity index is 1110. The average Bonchev–Trinajstić information content (AvgIpc) is 2.64. The lowest BCUT2D eigenvalue weighted by Crippen LogP contribution is -2.25. The second-order valence-corrected chi connectivity index (χ2v) is 6.63. The van der Waals surface area contributed by atoms with Gasteiger partial charge >= 0.3 is 5.97 Å². The van der Waals surface area contributed by atoms with Crippen molar-refractivity contribution < 1.29 is 9.90 Å². The maximum absolute atomic E-state index is 12.9. The smallest absolute Gasteiger partial charge is 0.337 e. The Kier molecular flexibility index (Phi) is 3.92. The number of carboxylic acid groups (broad SMARTS) is 1. The number of aryl methyl sites for hydroxylation is 1. The van der Waals surface area contributed by atoms with Crippen LogP contribution in [0.5, 0.6) is 0 Å². The number of rotatable bonds is 2. The average molecular weight is 346 g/mol. The fraction of sp³-hybridized carbons (Fsp3) is 0.190. The van der Waals surface area contributed by atoms with E-state index in [4.69, 9.17) is 5.11 Å². The molecule has 2 heterocycles. The number of allylic oxidation sites excluding steroid dienone is 1. The summed E-state index contributed by atoms with van der Waals surface area (Å²) in [5, 5.41) is 9.15. The lowest BCUT2D eigenvalue weighted by atomic mass is 9.90. The standard InChI is InChI=1S/C21H18N2O3/c1-13-5-7-14(8-6-13)11-15-3-2-4-17-19(15)22-18-10-9-16(21(25)26)12-23(18)20(17)24/h5-12H,2-4H2,1H3,(H,25,26)/b15-11-. The zero-order valence-electron chi connectivity index (χ0n) is 14.4. The van der Waals surface area contributed by atoms with Crippen molar-refractivity contribution in [3.63, 3.8) is 0 Å². The van der Waals surface area contributed by atoms with Gasteiger partial charge in [-0.05, 0) is 55.5 Å². The van der Waals surface area contributed by atoms with E-state index in [2.05, 4.69) is 35.3 Å². The topological polar surface area (TPSA) is 71.7 Å². The number of nitrogens with zero attached hydrogens (tertiary/aromatic N) is 2. The molecule has 1 N–H and O–H groups in total. The highest BCUT2D eigenvalue weighted by Crippen LogP contribution is 2.29. The summed E-state index contributed by atoms with van der Waals surface area (Å²) >= 11 is 0. The molecule has 0 saturated heterocycles. The largest absolute Gasteiger partial charge is 0.478 e. The molecular formula is C21H18N2O3. The summed E-state index contributed by atoms with van der Waals surface area (Å²) < 4.78 is 1.34. The van der Waals surface area contributed by atoms with Crippen LogP contribution in [0.4, 0.5) is 0 Å². The van der Waals surface area contributed by atoms with Gasteiger partial charge in [-0.15, -0.1) is 0 Å². The number of hydrogen-bond acceptors (Lipinski definition) is 3. The Labute approximate surface area is 150 Å². The second-order valence-electron chi connectivity index (χ2n) is 6.63. The molecule has 0 radical (unpaired) electrons. The molecule has 0 bridgehead atoms. The molecule has 0 spiro atoms. The molecule has 0 fully saturated rings. The van der Waals surface area contributed by atoms with E-state index >= 15 is 0 Å². The van der Waals surface area contributed by atoms with Gasteiger partial charge in [0.2, 0.25) is 0 Å². The van der Waals surface area contributed by atoms with Gasteiger partial charge in [0.15, 0.2) is 0 Å². The van der Waals surface area contributed by atoms with Crippen LogP contribution in [0, 0.1) is 6.92 Å². The van der Waals surface area contributed by atoms with Crippen molar-refractivity contribution in [2.24, 2.45) is 0 Å². The van der Waals surface area contributed by atoms with Gasteiger partial charge in [0.25, 0.3) is 5.56 Å². The highest BCUT2D eigenvalue weighted by Gasteiger charge is 2.21. The van der Waals surface area contributed by atoms with Gasteiger partial charge in [-0.2, -0.15) is 0 Å². The van der Waals surface area contributed by atoms with Crippen molar-refractivity contribution in [2.75, 3.05) is 0 Å². The number of aromatic nitrogens is 2. The minimum Gasteiger partial charge on any atom is -0.478 e. The number of hydrogen-bond donors (Lipinski definition) is 1. The van der Waals surface area contributed by atoms with Crippen molar-refractivity contribution in [3.8, 4) is 0 Å². The van der Waals surface area contributed by atoms with Crippen LogP contribution in [0.15, 0.2) is 47.4 Å².